The monoisotopic (exact) mass is 469 g/mol. The Hall–Kier alpha value is -3.60. The van der Waals surface area contributed by atoms with Crippen LogP contribution in [0.5, 0.6) is 0 Å². The molecule has 5 heteroatoms. The highest BCUT2D eigenvalue weighted by Gasteiger charge is 2.51. The fraction of sp³-hybridized carbons (Fsp3) is 0.333. The predicted octanol–water partition coefficient (Wildman–Crippen LogP) is 6.52. The van der Waals surface area contributed by atoms with Crippen LogP contribution >= 0.6 is 0 Å². The third-order valence-electron chi connectivity index (χ3n) is 7.48. The molecule has 1 unspecified atom stereocenters. The number of carboxylic acids is 1. The molecular weight excluding hydrogens is 438 g/mol. The summed E-state index contributed by atoms with van der Waals surface area (Å²) in [5, 5.41) is 10.4. The van der Waals surface area contributed by atoms with Crippen molar-refractivity contribution in [1.82, 2.24) is 4.90 Å². The van der Waals surface area contributed by atoms with E-state index in [1.165, 1.54) is 4.90 Å². The number of carbonyl (C=O) groups excluding carboxylic acids is 1. The summed E-state index contributed by atoms with van der Waals surface area (Å²) >= 11 is 0. The largest absolute Gasteiger partial charge is 0.479 e. The first-order valence-electron chi connectivity index (χ1n) is 12.3. The highest BCUT2D eigenvalue weighted by atomic mass is 16.6. The lowest BCUT2D eigenvalue weighted by atomic mass is 9.88. The lowest BCUT2D eigenvalue weighted by Crippen LogP contribution is -2.54. The van der Waals surface area contributed by atoms with Crippen LogP contribution in [-0.2, 0) is 15.1 Å². The average molecular weight is 470 g/mol. The third-order valence-corrected chi connectivity index (χ3v) is 7.48. The molecule has 180 valence electrons. The fourth-order valence-corrected chi connectivity index (χ4v) is 5.25. The van der Waals surface area contributed by atoms with E-state index in [4.69, 9.17) is 4.74 Å². The zero-order valence-corrected chi connectivity index (χ0v) is 20.4. The van der Waals surface area contributed by atoms with Crippen LogP contribution in [0.25, 0.3) is 11.1 Å². The number of amides is 1. The highest BCUT2D eigenvalue weighted by molar-refractivity contribution is 5.86. The van der Waals surface area contributed by atoms with E-state index in [1.807, 2.05) is 48.5 Å². The van der Waals surface area contributed by atoms with Crippen LogP contribution < -0.4 is 0 Å². The Morgan fingerprint density at radius 3 is 1.97 bits per heavy atom. The fourth-order valence-electron chi connectivity index (χ4n) is 5.25. The molecule has 1 atom stereocenters. The second kappa shape index (κ2) is 8.88. The van der Waals surface area contributed by atoms with Gasteiger partial charge in [0, 0.05) is 12.0 Å². The van der Waals surface area contributed by atoms with E-state index in [9.17, 15) is 14.7 Å². The molecule has 0 saturated heterocycles. The Morgan fingerprint density at radius 2 is 1.49 bits per heavy atom. The molecule has 1 fully saturated rings. The van der Waals surface area contributed by atoms with Gasteiger partial charge in [-0.2, -0.15) is 0 Å². The SMILES string of the molecule is CC(C)c1ccc(C(C)(C(=O)O)N(C(=O)OCC2c3ccccc3-c3ccccc32)C2CC2)cc1. The molecule has 0 aliphatic heterocycles. The Labute approximate surface area is 206 Å². The minimum Gasteiger partial charge on any atom is -0.479 e. The van der Waals surface area contributed by atoms with Gasteiger partial charge < -0.3 is 9.84 Å². The van der Waals surface area contributed by atoms with Gasteiger partial charge in [-0.15, -0.1) is 0 Å². The summed E-state index contributed by atoms with van der Waals surface area (Å²) in [4.78, 5) is 27.7. The standard InChI is InChI=1S/C30H31NO4/c1-19(2)20-12-14-21(15-13-20)30(3,28(32)33)31(22-16-17-22)29(34)35-18-27-25-10-6-4-8-23(25)24-9-5-7-11-26(24)27/h4-15,19,22,27H,16-18H2,1-3H3,(H,32,33). The zero-order chi connectivity index (χ0) is 24.7. The molecular formula is C30H31NO4. The minimum absolute atomic E-state index is 0.0752. The van der Waals surface area contributed by atoms with E-state index < -0.39 is 17.6 Å². The average Bonchev–Trinajstić information content (AvgIpc) is 3.64. The van der Waals surface area contributed by atoms with E-state index in [0.717, 1.165) is 40.7 Å². The maximum Gasteiger partial charge on any atom is 0.411 e. The molecule has 0 bridgehead atoms. The van der Waals surface area contributed by atoms with Gasteiger partial charge in [0.1, 0.15) is 6.61 Å². The van der Waals surface area contributed by atoms with Gasteiger partial charge in [-0.3, -0.25) is 4.90 Å². The number of benzene rings is 3. The molecule has 35 heavy (non-hydrogen) atoms. The number of nitrogens with zero attached hydrogens (tertiary/aromatic N) is 1. The molecule has 2 aliphatic rings. The van der Waals surface area contributed by atoms with Crippen LogP contribution in [0.1, 0.15) is 67.7 Å². The highest BCUT2D eigenvalue weighted by Crippen LogP contribution is 2.45. The molecule has 0 radical (unpaired) electrons. The lowest BCUT2D eigenvalue weighted by molar-refractivity contribution is -0.150. The van der Waals surface area contributed by atoms with E-state index in [-0.39, 0.29) is 18.6 Å². The second-order valence-corrected chi connectivity index (χ2v) is 10.1. The Bertz CT molecular complexity index is 1220. The third kappa shape index (κ3) is 3.99. The summed E-state index contributed by atoms with van der Waals surface area (Å²) in [6, 6.07) is 23.8. The Kier molecular flexibility index (Phi) is 5.87. The summed E-state index contributed by atoms with van der Waals surface area (Å²) in [7, 11) is 0. The maximum atomic E-state index is 13.5. The van der Waals surface area contributed by atoms with Crippen molar-refractivity contribution in [2.45, 2.75) is 57.0 Å². The summed E-state index contributed by atoms with van der Waals surface area (Å²) in [6.07, 6.45) is 0.973. The summed E-state index contributed by atoms with van der Waals surface area (Å²) < 4.78 is 5.91. The van der Waals surface area contributed by atoms with Crippen molar-refractivity contribution < 1.29 is 19.4 Å². The molecule has 0 spiro atoms. The van der Waals surface area contributed by atoms with Gasteiger partial charge in [0.25, 0.3) is 0 Å². The van der Waals surface area contributed by atoms with Gasteiger partial charge in [-0.25, -0.2) is 9.59 Å². The van der Waals surface area contributed by atoms with Crippen LogP contribution in [-0.4, -0.2) is 34.7 Å². The molecule has 5 rings (SSSR count). The number of ether oxygens (including phenoxy) is 1. The summed E-state index contributed by atoms with van der Waals surface area (Å²) in [5.74, 6) is -0.800. The molecule has 1 amide bonds. The second-order valence-electron chi connectivity index (χ2n) is 10.1. The normalized spacial score (nSPS) is 16.3. The molecule has 2 aliphatic carbocycles. The van der Waals surface area contributed by atoms with E-state index in [1.54, 1.807) is 6.92 Å². The van der Waals surface area contributed by atoms with Crippen molar-refractivity contribution in [3.05, 3.63) is 95.1 Å². The van der Waals surface area contributed by atoms with E-state index >= 15 is 0 Å². The van der Waals surface area contributed by atoms with Gasteiger partial charge in [0.05, 0.1) is 0 Å². The van der Waals surface area contributed by atoms with Gasteiger partial charge in [-0.1, -0.05) is 86.6 Å². The number of fused-ring (bicyclic) bond motifs is 3. The van der Waals surface area contributed by atoms with Crippen LogP contribution in [0.3, 0.4) is 0 Å². The van der Waals surface area contributed by atoms with E-state index in [0.29, 0.717) is 11.5 Å². The number of carbonyl (C=O) groups is 2. The molecule has 5 nitrogen and oxygen atoms in total. The van der Waals surface area contributed by atoms with Crippen molar-refractivity contribution in [3.63, 3.8) is 0 Å². The van der Waals surface area contributed by atoms with Gasteiger partial charge in [0.15, 0.2) is 5.54 Å². The van der Waals surface area contributed by atoms with Crippen LogP contribution in [0, 0.1) is 0 Å². The Morgan fingerprint density at radius 1 is 0.943 bits per heavy atom. The minimum atomic E-state index is -1.51. The topological polar surface area (TPSA) is 66.8 Å². The zero-order valence-electron chi connectivity index (χ0n) is 20.4. The van der Waals surface area contributed by atoms with Crippen molar-refractivity contribution >= 4 is 12.1 Å². The van der Waals surface area contributed by atoms with Crippen molar-refractivity contribution in [1.29, 1.82) is 0 Å². The first kappa shape index (κ1) is 23.2. The first-order chi connectivity index (χ1) is 16.8. The molecule has 3 aromatic carbocycles. The lowest BCUT2D eigenvalue weighted by Gasteiger charge is -2.38. The number of hydrogen-bond donors (Lipinski definition) is 1. The number of carboxylic acid groups (broad SMARTS) is 1. The summed E-state index contributed by atoms with van der Waals surface area (Å²) in [5.41, 5.74) is 4.76. The van der Waals surface area contributed by atoms with Crippen molar-refractivity contribution in [2.75, 3.05) is 6.61 Å². The van der Waals surface area contributed by atoms with E-state index in [2.05, 4.69) is 38.1 Å². The number of rotatable bonds is 7. The van der Waals surface area contributed by atoms with Gasteiger partial charge in [0.2, 0.25) is 0 Å². The molecule has 3 aromatic rings. The number of hydrogen-bond acceptors (Lipinski definition) is 3. The molecule has 0 aromatic heterocycles. The quantitative estimate of drug-likeness (QED) is 0.428. The smallest absolute Gasteiger partial charge is 0.411 e. The number of aliphatic carboxylic acids is 1. The van der Waals surface area contributed by atoms with Crippen LogP contribution in [0.15, 0.2) is 72.8 Å². The van der Waals surface area contributed by atoms with Gasteiger partial charge >= 0.3 is 12.1 Å². The summed E-state index contributed by atoms with van der Waals surface area (Å²) in [6.45, 7) is 5.97. The predicted molar refractivity (Wildman–Crippen MR) is 135 cm³/mol. The Balaban J connectivity index is 1.43. The molecule has 1 N–H and O–H groups in total. The van der Waals surface area contributed by atoms with Crippen LogP contribution in [0.4, 0.5) is 4.79 Å². The van der Waals surface area contributed by atoms with Gasteiger partial charge in [-0.05, 0) is 59.1 Å². The van der Waals surface area contributed by atoms with Crippen LogP contribution in [0.2, 0.25) is 0 Å². The van der Waals surface area contributed by atoms with Crippen molar-refractivity contribution in [2.24, 2.45) is 0 Å². The maximum absolute atomic E-state index is 13.5. The molecule has 0 heterocycles. The molecule has 1 saturated carbocycles. The first-order valence-corrected chi connectivity index (χ1v) is 12.3. The van der Waals surface area contributed by atoms with Crippen molar-refractivity contribution in [3.8, 4) is 11.1 Å².